The average Bonchev–Trinajstić information content (AvgIpc) is 3.33. The monoisotopic (exact) mass is 416 g/mol. The largest absolute Gasteiger partial charge is 0.378 e. The van der Waals surface area contributed by atoms with Gasteiger partial charge in [0.25, 0.3) is 0 Å². The van der Waals surface area contributed by atoms with E-state index >= 15 is 0 Å². The zero-order chi connectivity index (χ0) is 22.0. The molecule has 2 aromatic carbocycles. The molecule has 2 heterocycles. The van der Waals surface area contributed by atoms with Crippen LogP contribution in [0, 0.1) is 13.8 Å². The van der Waals surface area contributed by atoms with Gasteiger partial charge in [0.2, 0.25) is 5.91 Å². The highest BCUT2D eigenvalue weighted by atomic mass is 16.5. The van der Waals surface area contributed by atoms with Gasteiger partial charge < -0.3 is 19.7 Å². The average molecular weight is 417 g/mol. The Hall–Kier alpha value is -3.54. The first-order valence-corrected chi connectivity index (χ1v) is 10.5. The number of nitrogens with one attached hydrogen (secondary N) is 2. The molecule has 0 fully saturated rings. The van der Waals surface area contributed by atoms with Crippen LogP contribution in [0.4, 0.5) is 5.69 Å². The molecule has 2 N–H and O–H groups in total. The second-order valence-electron chi connectivity index (χ2n) is 8.11. The molecule has 1 atom stereocenters. The van der Waals surface area contributed by atoms with Crippen molar-refractivity contribution in [3.05, 3.63) is 82.9 Å². The van der Waals surface area contributed by atoms with Crippen molar-refractivity contribution in [1.29, 1.82) is 0 Å². The molecule has 0 aliphatic carbocycles. The molecule has 2 aromatic heterocycles. The Morgan fingerprint density at radius 3 is 2.55 bits per heavy atom. The molecular formula is C25H28N4O2. The van der Waals surface area contributed by atoms with Crippen LogP contribution in [0.5, 0.6) is 0 Å². The number of nitrogens with zero attached hydrogens (tertiary/aromatic N) is 2. The summed E-state index contributed by atoms with van der Waals surface area (Å²) in [6, 6.07) is 16.8. The van der Waals surface area contributed by atoms with E-state index in [0.29, 0.717) is 12.3 Å². The third-order valence-corrected chi connectivity index (χ3v) is 5.83. The topological polar surface area (TPSA) is 74.2 Å². The van der Waals surface area contributed by atoms with Gasteiger partial charge in [-0.2, -0.15) is 0 Å². The van der Waals surface area contributed by atoms with Gasteiger partial charge in [0.1, 0.15) is 5.76 Å². The molecule has 0 aliphatic rings. The Labute approximate surface area is 182 Å². The third kappa shape index (κ3) is 4.33. The van der Waals surface area contributed by atoms with E-state index in [0.717, 1.165) is 28.0 Å². The molecule has 0 radical (unpaired) electrons. The molecule has 1 amide bonds. The van der Waals surface area contributed by atoms with Gasteiger partial charge in [0.15, 0.2) is 0 Å². The first kappa shape index (κ1) is 20.7. The van der Waals surface area contributed by atoms with Crippen LogP contribution in [0.25, 0.3) is 10.9 Å². The van der Waals surface area contributed by atoms with Crippen LogP contribution in [0.15, 0.2) is 59.3 Å². The molecule has 4 rings (SSSR count). The second-order valence-corrected chi connectivity index (χ2v) is 8.11. The molecule has 0 aliphatic heterocycles. The standard InChI is InChI=1S/C25H28N4O2/c1-16-21(17(2)31-28-16)13-25(30)27-14-22(18-9-11-19(12-10-18)29(3)4)23-15-26-24-8-6-5-7-20(23)24/h5-12,15,22,26H,13-14H2,1-4H3,(H,27,30). The predicted octanol–water partition coefficient (Wildman–Crippen LogP) is 4.33. The van der Waals surface area contributed by atoms with Gasteiger partial charge in [-0.05, 0) is 43.2 Å². The van der Waals surface area contributed by atoms with Crippen molar-refractivity contribution < 1.29 is 9.32 Å². The van der Waals surface area contributed by atoms with Crippen molar-refractivity contribution in [2.24, 2.45) is 0 Å². The van der Waals surface area contributed by atoms with Gasteiger partial charge in [-0.25, -0.2) is 0 Å². The number of fused-ring (bicyclic) bond motifs is 1. The van der Waals surface area contributed by atoms with E-state index in [9.17, 15) is 4.79 Å². The number of amides is 1. The number of para-hydroxylation sites is 1. The SMILES string of the molecule is Cc1noc(C)c1CC(=O)NCC(c1ccc(N(C)C)cc1)c1c[nH]c2ccccc12. The molecule has 0 bridgehead atoms. The smallest absolute Gasteiger partial charge is 0.224 e. The summed E-state index contributed by atoms with van der Waals surface area (Å²) in [5, 5.41) is 8.25. The lowest BCUT2D eigenvalue weighted by atomic mass is 9.90. The molecule has 0 spiro atoms. The number of anilines is 1. The first-order chi connectivity index (χ1) is 14.9. The van der Waals surface area contributed by atoms with Crippen LogP contribution in [-0.4, -0.2) is 36.7 Å². The van der Waals surface area contributed by atoms with E-state index in [4.69, 9.17) is 4.52 Å². The fraction of sp³-hybridized carbons (Fsp3) is 0.280. The van der Waals surface area contributed by atoms with E-state index < -0.39 is 0 Å². The van der Waals surface area contributed by atoms with Gasteiger partial charge in [-0.1, -0.05) is 35.5 Å². The van der Waals surface area contributed by atoms with E-state index in [1.54, 1.807) is 0 Å². The Kier molecular flexibility index (Phi) is 5.80. The zero-order valence-electron chi connectivity index (χ0n) is 18.4. The number of H-pyrrole nitrogens is 1. The summed E-state index contributed by atoms with van der Waals surface area (Å²) in [6.07, 6.45) is 2.32. The number of hydrogen-bond donors (Lipinski definition) is 2. The van der Waals surface area contributed by atoms with Crippen molar-refractivity contribution in [3.8, 4) is 0 Å². The molecule has 160 valence electrons. The zero-order valence-corrected chi connectivity index (χ0v) is 18.4. The Morgan fingerprint density at radius 1 is 1.13 bits per heavy atom. The van der Waals surface area contributed by atoms with Gasteiger partial charge in [-0.15, -0.1) is 0 Å². The van der Waals surface area contributed by atoms with Crippen molar-refractivity contribution >= 4 is 22.5 Å². The third-order valence-electron chi connectivity index (χ3n) is 5.83. The molecule has 6 heteroatoms. The highest BCUT2D eigenvalue weighted by Crippen LogP contribution is 2.31. The molecule has 6 nitrogen and oxygen atoms in total. The lowest BCUT2D eigenvalue weighted by molar-refractivity contribution is -0.120. The molecule has 0 saturated carbocycles. The fourth-order valence-electron chi connectivity index (χ4n) is 3.99. The van der Waals surface area contributed by atoms with E-state index in [1.165, 1.54) is 10.9 Å². The lowest BCUT2D eigenvalue weighted by Crippen LogP contribution is -2.30. The number of hydrogen-bond acceptors (Lipinski definition) is 4. The maximum atomic E-state index is 12.7. The van der Waals surface area contributed by atoms with Crippen molar-refractivity contribution in [2.75, 3.05) is 25.5 Å². The number of aromatic nitrogens is 2. The quantitative estimate of drug-likeness (QED) is 0.470. The minimum absolute atomic E-state index is 0.0287. The highest BCUT2D eigenvalue weighted by Gasteiger charge is 2.20. The van der Waals surface area contributed by atoms with Crippen LogP contribution >= 0.6 is 0 Å². The van der Waals surface area contributed by atoms with E-state index in [-0.39, 0.29) is 18.2 Å². The highest BCUT2D eigenvalue weighted by molar-refractivity contribution is 5.84. The summed E-state index contributed by atoms with van der Waals surface area (Å²) in [5.41, 5.74) is 6.19. The number of rotatable bonds is 7. The Morgan fingerprint density at radius 2 is 1.87 bits per heavy atom. The summed E-state index contributed by atoms with van der Waals surface area (Å²) >= 11 is 0. The normalized spacial score (nSPS) is 12.1. The summed E-state index contributed by atoms with van der Waals surface area (Å²) in [4.78, 5) is 18.2. The summed E-state index contributed by atoms with van der Waals surface area (Å²) in [5.74, 6) is 0.685. The minimum Gasteiger partial charge on any atom is -0.378 e. The maximum absolute atomic E-state index is 12.7. The molecule has 31 heavy (non-hydrogen) atoms. The van der Waals surface area contributed by atoms with Gasteiger partial charge in [-0.3, -0.25) is 4.79 Å². The summed E-state index contributed by atoms with van der Waals surface area (Å²) < 4.78 is 5.19. The van der Waals surface area contributed by atoms with E-state index in [1.807, 2.05) is 40.1 Å². The van der Waals surface area contributed by atoms with Gasteiger partial charge in [0, 0.05) is 54.9 Å². The first-order valence-electron chi connectivity index (χ1n) is 10.5. The molecular weight excluding hydrogens is 388 g/mol. The second kappa shape index (κ2) is 8.68. The summed E-state index contributed by atoms with van der Waals surface area (Å²) in [6.45, 7) is 4.20. The Bertz CT molecular complexity index is 1170. The summed E-state index contributed by atoms with van der Waals surface area (Å²) in [7, 11) is 4.06. The van der Waals surface area contributed by atoms with Crippen molar-refractivity contribution in [2.45, 2.75) is 26.2 Å². The van der Waals surface area contributed by atoms with Crippen LogP contribution in [0.2, 0.25) is 0 Å². The maximum Gasteiger partial charge on any atom is 0.224 e. The predicted molar refractivity (Wildman–Crippen MR) is 124 cm³/mol. The van der Waals surface area contributed by atoms with Crippen molar-refractivity contribution in [3.63, 3.8) is 0 Å². The molecule has 4 aromatic rings. The number of carbonyl (C=O) groups excluding carboxylic acids is 1. The molecule has 1 unspecified atom stereocenters. The number of benzene rings is 2. The van der Waals surface area contributed by atoms with Crippen LogP contribution in [0.3, 0.4) is 0 Å². The van der Waals surface area contributed by atoms with Gasteiger partial charge in [0.05, 0.1) is 12.1 Å². The van der Waals surface area contributed by atoms with Gasteiger partial charge >= 0.3 is 0 Å². The Balaban J connectivity index is 1.60. The number of aromatic amines is 1. The minimum atomic E-state index is -0.0378. The number of aryl methyl sites for hydroxylation is 2. The van der Waals surface area contributed by atoms with Crippen molar-refractivity contribution in [1.82, 2.24) is 15.5 Å². The fourth-order valence-corrected chi connectivity index (χ4v) is 3.99. The number of carbonyl (C=O) groups is 1. The van der Waals surface area contributed by atoms with E-state index in [2.05, 4.69) is 63.0 Å². The lowest BCUT2D eigenvalue weighted by Gasteiger charge is -2.20. The van der Waals surface area contributed by atoms with Crippen LogP contribution < -0.4 is 10.2 Å². The molecule has 0 saturated heterocycles. The van der Waals surface area contributed by atoms with Crippen LogP contribution in [0.1, 0.15) is 34.1 Å². The van der Waals surface area contributed by atoms with Crippen LogP contribution in [-0.2, 0) is 11.2 Å².